The quantitative estimate of drug-likeness (QED) is 0.368. The summed E-state index contributed by atoms with van der Waals surface area (Å²) in [5.41, 5.74) is 0. The molecule has 0 amide bonds. The Hall–Kier alpha value is -0.540. The lowest BCUT2D eigenvalue weighted by molar-refractivity contribution is 0.132. The van der Waals surface area contributed by atoms with Crippen LogP contribution in [0.15, 0.2) is 12.3 Å². The Morgan fingerprint density at radius 3 is 2.50 bits per heavy atom. The number of nitrogens with two attached hydrogens (primary N) is 1. The molecule has 0 spiro atoms. The van der Waals surface area contributed by atoms with E-state index >= 15 is 0 Å². The highest BCUT2D eigenvalue weighted by Gasteiger charge is 1.79. The lowest BCUT2D eigenvalue weighted by Gasteiger charge is -1.89. The minimum absolute atomic E-state index is 0.0139. The van der Waals surface area contributed by atoms with Crippen molar-refractivity contribution in [2.45, 2.75) is 0 Å². The normalized spacial score (nSPS) is 8.17. The maximum atomic E-state index is 8.15. The molecule has 3 heteroatoms. The third-order valence-electron chi connectivity index (χ3n) is 0.250. The van der Waals surface area contributed by atoms with E-state index in [2.05, 4.69) is 17.3 Å². The van der Waals surface area contributed by atoms with Crippen molar-refractivity contribution in [1.29, 1.82) is 0 Å². The lowest BCUT2D eigenvalue weighted by Crippen LogP contribution is -2.01. The van der Waals surface area contributed by atoms with Crippen molar-refractivity contribution in [2.75, 3.05) is 6.61 Å². The first kappa shape index (κ1) is 5.46. The van der Waals surface area contributed by atoms with E-state index < -0.39 is 0 Å². The second-order valence-electron chi connectivity index (χ2n) is 0.877. The van der Waals surface area contributed by atoms with E-state index in [1.165, 1.54) is 0 Å². The summed E-state index contributed by atoms with van der Waals surface area (Å²) >= 11 is 0. The molecule has 0 fully saturated rings. The van der Waals surface area contributed by atoms with Gasteiger partial charge in [-0.3, -0.25) is 4.84 Å². The van der Waals surface area contributed by atoms with Crippen LogP contribution in [-0.2, 0) is 4.84 Å². The number of aliphatic hydroxyl groups is 1. The van der Waals surface area contributed by atoms with Crippen LogP contribution in [0.5, 0.6) is 0 Å². The van der Waals surface area contributed by atoms with E-state index in [4.69, 9.17) is 5.11 Å². The second kappa shape index (κ2) is 2.68. The maximum absolute atomic E-state index is 8.15. The van der Waals surface area contributed by atoms with Crippen LogP contribution in [0.2, 0.25) is 0 Å². The van der Waals surface area contributed by atoms with E-state index in [9.17, 15) is 0 Å². The van der Waals surface area contributed by atoms with Crippen LogP contribution in [0.3, 0.4) is 0 Å². The van der Waals surface area contributed by atoms with Crippen molar-refractivity contribution in [2.24, 2.45) is 5.90 Å². The zero-order chi connectivity index (χ0) is 4.99. The molecule has 0 radical (unpaired) electrons. The van der Waals surface area contributed by atoms with E-state index in [0.717, 1.165) is 0 Å². The molecular weight excluding hydrogens is 82.0 g/mol. The first-order valence-corrected chi connectivity index (χ1v) is 1.46. The van der Waals surface area contributed by atoms with Crippen LogP contribution >= 0.6 is 0 Å². The Bertz CT molecular complexity index is 52.8. The van der Waals surface area contributed by atoms with Crippen molar-refractivity contribution in [3.8, 4) is 0 Å². The van der Waals surface area contributed by atoms with Crippen molar-refractivity contribution >= 4 is 0 Å². The third kappa shape index (κ3) is 3.46. The largest absolute Gasteiger partial charge is 0.510 e. The van der Waals surface area contributed by atoms with Gasteiger partial charge in [0.05, 0.1) is 0 Å². The molecule has 0 heterocycles. The number of aliphatic hydroxyl groups excluding tert-OH is 1. The SMILES string of the molecule is C=C(O)CON. The number of hydrogen-bond donors (Lipinski definition) is 2. The van der Waals surface area contributed by atoms with Crippen molar-refractivity contribution in [3.63, 3.8) is 0 Å². The fraction of sp³-hybridized carbons (Fsp3) is 0.333. The van der Waals surface area contributed by atoms with Gasteiger partial charge < -0.3 is 5.11 Å². The van der Waals surface area contributed by atoms with Crippen molar-refractivity contribution in [3.05, 3.63) is 12.3 Å². The van der Waals surface area contributed by atoms with Gasteiger partial charge in [0.15, 0.2) is 0 Å². The second-order valence-corrected chi connectivity index (χ2v) is 0.877. The molecule has 0 unspecified atom stereocenters. The van der Waals surface area contributed by atoms with Gasteiger partial charge in [-0.15, -0.1) is 0 Å². The number of rotatable bonds is 2. The molecule has 3 N–H and O–H groups in total. The molecule has 0 aliphatic rings. The lowest BCUT2D eigenvalue weighted by atomic mass is 10.6. The van der Waals surface area contributed by atoms with Crippen molar-refractivity contribution < 1.29 is 9.94 Å². The van der Waals surface area contributed by atoms with Gasteiger partial charge in [0, 0.05) is 0 Å². The predicted molar refractivity (Wildman–Crippen MR) is 21.9 cm³/mol. The molecule has 0 saturated heterocycles. The van der Waals surface area contributed by atoms with Crippen LogP contribution in [0.1, 0.15) is 0 Å². The van der Waals surface area contributed by atoms with Gasteiger partial charge in [-0.05, 0) is 0 Å². The highest BCUT2D eigenvalue weighted by Crippen LogP contribution is 1.75. The van der Waals surface area contributed by atoms with Gasteiger partial charge >= 0.3 is 0 Å². The van der Waals surface area contributed by atoms with E-state index in [1.54, 1.807) is 0 Å². The highest BCUT2D eigenvalue weighted by atomic mass is 16.6. The van der Waals surface area contributed by atoms with Gasteiger partial charge in [-0.1, -0.05) is 6.58 Å². The molecule has 0 saturated carbocycles. The Morgan fingerprint density at radius 2 is 2.50 bits per heavy atom. The molecule has 6 heavy (non-hydrogen) atoms. The summed E-state index contributed by atoms with van der Waals surface area (Å²) in [6.07, 6.45) is 0. The van der Waals surface area contributed by atoms with Gasteiger partial charge in [-0.25, -0.2) is 5.90 Å². The Balaban J connectivity index is 2.83. The number of hydrogen-bond acceptors (Lipinski definition) is 3. The molecule has 3 nitrogen and oxygen atoms in total. The van der Waals surface area contributed by atoms with Gasteiger partial charge in [-0.2, -0.15) is 0 Å². The molecule has 0 aromatic rings. The van der Waals surface area contributed by atoms with Gasteiger partial charge in [0.1, 0.15) is 12.4 Å². The fourth-order valence-corrected chi connectivity index (χ4v) is 0.0962. The molecule has 0 aromatic carbocycles. The summed E-state index contributed by atoms with van der Waals surface area (Å²) in [6, 6.07) is 0. The van der Waals surface area contributed by atoms with Crippen LogP contribution in [0.4, 0.5) is 0 Å². The summed E-state index contributed by atoms with van der Waals surface area (Å²) in [5.74, 6) is 4.45. The Morgan fingerprint density at radius 1 is 2.00 bits per heavy atom. The first-order chi connectivity index (χ1) is 2.77. The van der Waals surface area contributed by atoms with Gasteiger partial charge in [0.2, 0.25) is 0 Å². The van der Waals surface area contributed by atoms with E-state index in [0.29, 0.717) is 0 Å². The van der Waals surface area contributed by atoms with Crippen LogP contribution in [0.25, 0.3) is 0 Å². The molecule has 0 aliphatic heterocycles. The third-order valence-corrected chi connectivity index (χ3v) is 0.250. The molecule has 0 atom stereocenters. The van der Waals surface area contributed by atoms with Crippen LogP contribution in [-0.4, -0.2) is 11.7 Å². The molecule has 36 valence electrons. The summed E-state index contributed by atoms with van der Waals surface area (Å²) in [7, 11) is 0. The molecular formula is C3H7NO2. The average molecular weight is 89.1 g/mol. The smallest absolute Gasteiger partial charge is 0.124 e. The molecule has 0 rings (SSSR count). The minimum atomic E-state index is -0.0579. The molecule has 0 aliphatic carbocycles. The zero-order valence-corrected chi connectivity index (χ0v) is 3.35. The summed E-state index contributed by atoms with van der Waals surface area (Å²) < 4.78 is 0. The summed E-state index contributed by atoms with van der Waals surface area (Å²) in [5, 5.41) is 8.15. The Kier molecular flexibility index (Phi) is 2.44. The molecule has 0 bridgehead atoms. The standard InChI is InChI=1S/C3H7NO2/c1-3(5)2-6-4/h5H,1-2,4H2. The van der Waals surface area contributed by atoms with Crippen molar-refractivity contribution in [1.82, 2.24) is 0 Å². The predicted octanol–water partition coefficient (Wildman–Crippen LogP) is -0.0516. The van der Waals surface area contributed by atoms with Crippen LogP contribution < -0.4 is 5.90 Å². The Labute approximate surface area is 36.0 Å². The molecule has 0 aromatic heterocycles. The van der Waals surface area contributed by atoms with E-state index in [1.807, 2.05) is 0 Å². The highest BCUT2D eigenvalue weighted by molar-refractivity contribution is 4.76. The zero-order valence-electron chi connectivity index (χ0n) is 3.35. The van der Waals surface area contributed by atoms with Gasteiger partial charge in [0.25, 0.3) is 0 Å². The topological polar surface area (TPSA) is 55.5 Å². The fourth-order valence-electron chi connectivity index (χ4n) is 0.0962. The first-order valence-electron chi connectivity index (χ1n) is 1.46. The maximum Gasteiger partial charge on any atom is 0.124 e. The average Bonchev–Trinajstić information content (AvgIpc) is 1.35. The van der Waals surface area contributed by atoms with E-state index in [-0.39, 0.29) is 12.4 Å². The summed E-state index contributed by atoms with van der Waals surface area (Å²) in [4.78, 5) is 3.95. The summed E-state index contributed by atoms with van der Waals surface area (Å²) in [6.45, 7) is 3.11. The minimum Gasteiger partial charge on any atom is -0.510 e. The monoisotopic (exact) mass is 89.0 g/mol. The van der Waals surface area contributed by atoms with Crippen LogP contribution in [0, 0.1) is 0 Å².